The van der Waals surface area contributed by atoms with E-state index in [0.717, 1.165) is 157 Å². The van der Waals surface area contributed by atoms with Gasteiger partial charge >= 0.3 is 42.2 Å². The number of allylic oxidation sites excluding steroid dienone is 2. The van der Waals surface area contributed by atoms with E-state index < -0.39 is 89.9 Å². The van der Waals surface area contributed by atoms with E-state index in [1.165, 1.54) is 24.9 Å². The minimum Gasteiger partial charge on any atom is -0.481 e. The summed E-state index contributed by atoms with van der Waals surface area (Å²) < 4.78 is 141. The SMILES string of the molecule is CCCCC(O)c1cncc(SC[C@H]2C(Cl)CC[C@@H]2CCCc2nc(F)c(C(=O)OC)s2)c1.O=C(O)CCC/C=C\C[C@H]1C(F)CC(O)[C@@H]1CSc1cc(Cl)cc(Cl)c1.O=C(O)CCCCCC[C@H]1C(F)CC[C@@H]1CNc1ccccc1.O=C(O)CCCCOC[C@H]1C(Cl)CC[C@@H]1CSc1cc(C(F)(F)F)cc(C(F)(F)F)c1.O=C(O)c1ccc(COC[C@H]2C(Cl)CC(O)[C@@H]2CSc2ccccc2Cl)o1. The van der Waals surface area contributed by atoms with E-state index in [4.69, 9.17) is 104 Å². The van der Waals surface area contributed by atoms with Gasteiger partial charge < -0.3 is 59.7 Å². The second kappa shape index (κ2) is 62.3. The van der Waals surface area contributed by atoms with Gasteiger partial charge in [0.15, 0.2) is 4.88 Å². The van der Waals surface area contributed by atoms with Crippen molar-refractivity contribution in [3.63, 3.8) is 0 Å². The number of carbonyl (C=O) groups is 5. The molecule has 4 aromatic carbocycles. The number of aliphatic hydroxyl groups excluding tert-OH is 3. The molecule has 140 heavy (non-hydrogen) atoms. The second-order valence-electron chi connectivity index (χ2n) is 35.7. The number of ether oxygens (including phenoxy) is 3. The zero-order valence-electron chi connectivity index (χ0n) is 78.0. The van der Waals surface area contributed by atoms with Gasteiger partial charge in [0.25, 0.3) is 0 Å². The molecule has 0 saturated heterocycles. The molecule has 0 amide bonds. The first-order valence-corrected chi connectivity index (χ1v) is 54.5. The average Bonchev–Trinajstić information content (AvgIpc) is 1.49. The number of aryl methyl sites for hydroxylation is 1. The summed E-state index contributed by atoms with van der Waals surface area (Å²) in [5.74, 6) is -1.10. The van der Waals surface area contributed by atoms with E-state index in [1.54, 1.807) is 41.9 Å². The lowest BCUT2D eigenvalue weighted by Gasteiger charge is -2.23. The summed E-state index contributed by atoms with van der Waals surface area (Å²) in [6, 6.07) is 29.6. The minimum absolute atomic E-state index is 0.00426. The number of esters is 1. The quantitative estimate of drug-likeness (QED) is 0.00439. The summed E-state index contributed by atoms with van der Waals surface area (Å²) >= 11 is 44.6. The van der Waals surface area contributed by atoms with E-state index in [9.17, 15) is 78.8 Å². The van der Waals surface area contributed by atoms with Gasteiger partial charge in [0, 0.05) is 149 Å². The summed E-state index contributed by atoms with van der Waals surface area (Å²) in [6.07, 6.45) is 13.4. The van der Waals surface area contributed by atoms with Crippen molar-refractivity contribution in [2.75, 3.05) is 61.8 Å². The van der Waals surface area contributed by atoms with E-state index in [0.29, 0.717) is 145 Å². The fourth-order valence-corrected chi connectivity index (χ4v) is 26.0. The van der Waals surface area contributed by atoms with Gasteiger partial charge in [-0.2, -0.15) is 30.7 Å². The molecule has 19 nitrogen and oxygen atoms in total. The van der Waals surface area contributed by atoms with Crippen LogP contribution in [0.15, 0.2) is 158 Å². The highest BCUT2D eigenvalue weighted by atomic mass is 35.5. The van der Waals surface area contributed by atoms with E-state index in [-0.39, 0.29) is 111 Å². The molecule has 5 aliphatic carbocycles. The van der Waals surface area contributed by atoms with E-state index in [2.05, 4.69) is 26.9 Å². The van der Waals surface area contributed by atoms with Gasteiger partial charge in [-0.1, -0.05) is 116 Å². The number of aromatic nitrogens is 2. The Balaban J connectivity index is 0.000000215. The number of thioether (sulfide) groups is 4. The minimum atomic E-state index is -4.87. The lowest BCUT2D eigenvalue weighted by molar-refractivity contribution is -0.143. The number of anilines is 1. The Morgan fingerprint density at radius 1 is 0.579 bits per heavy atom. The maximum Gasteiger partial charge on any atom is 0.416 e. The van der Waals surface area contributed by atoms with Crippen LogP contribution in [0.4, 0.5) is 45.2 Å². The van der Waals surface area contributed by atoms with Crippen molar-refractivity contribution in [2.45, 2.75) is 266 Å². The number of carbonyl (C=O) groups excluding carboxylic acids is 1. The molecule has 0 radical (unpaired) electrons. The van der Waals surface area contributed by atoms with Crippen LogP contribution in [0, 0.1) is 65.1 Å². The largest absolute Gasteiger partial charge is 0.481 e. The normalized spacial score (nSPS) is 23.4. The van der Waals surface area contributed by atoms with Crippen LogP contribution in [-0.4, -0.2) is 173 Å². The highest BCUT2D eigenvalue weighted by molar-refractivity contribution is 8.00. The van der Waals surface area contributed by atoms with Crippen molar-refractivity contribution >= 4 is 164 Å². The molecule has 0 aliphatic heterocycles. The van der Waals surface area contributed by atoms with Gasteiger partial charge in [-0.3, -0.25) is 19.4 Å². The first kappa shape index (κ1) is 119. The van der Waals surface area contributed by atoms with Gasteiger partial charge in [-0.05, 0) is 236 Å². The van der Waals surface area contributed by atoms with Crippen LogP contribution in [0.5, 0.6) is 0 Å². The predicted molar refractivity (Wildman–Crippen MR) is 538 cm³/mol. The number of alkyl halides is 11. The van der Waals surface area contributed by atoms with Gasteiger partial charge in [0.05, 0.1) is 59.8 Å². The fraction of sp³-hybridized carbons (Fsp3) is 0.574. The van der Waals surface area contributed by atoms with Crippen LogP contribution < -0.4 is 5.32 Å². The van der Waals surface area contributed by atoms with Gasteiger partial charge in [-0.25, -0.2) is 23.4 Å². The molecule has 39 heteroatoms. The van der Waals surface area contributed by atoms with E-state index in [1.807, 2.05) is 91.1 Å². The number of methoxy groups -OCH3 is 1. The Morgan fingerprint density at radius 3 is 1.84 bits per heavy atom. The average molecular weight is 2180 g/mol. The first-order chi connectivity index (χ1) is 66.8. The predicted octanol–water partition coefficient (Wildman–Crippen LogP) is 28.2. The van der Waals surface area contributed by atoms with Crippen molar-refractivity contribution in [1.82, 2.24) is 9.97 Å². The molecule has 0 spiro atoms. The first-order valence-electron chi connectivity index (χ1n) is 47.3. The number of carboxylic acid groups (broad SMARTS) is 4. The third-order valence-electron chi connectivity index (χ3n) is 25.6. The van der Waals surface area contributed by atoms with Crippen LogP contribution in [-0.2, 0) is 54.0 Å². The van der Waals surface area contributed by atoms with Gasteiger partial charge in [0.2, 0.25) is 11.7 Å². The highest BCUT2D eigenvalue weighted by Crippen LogP contribution is 2.48. The number of thiazole rings is 1. The molecule has 8 N–H and O–H groups in total. The summed E-state index contributed by atoms with van der Waals surface area (Å²) in [7, 11) is 1.24. The van der Waals surface area contributed by atoms with Crippen LogP contribution in [0.2, 0.25) is 15.1 Å². The molecular formula is C101H126Cl6F9N3O16S5. The molecule has 776 valence electrons. The van der Waals surface area contributed by atoms with Crippen molar-refractivity contribution in [3.8, 4) is 0 Å². The molecule has 18 atom stereocenters. The number of rotatable bonds is 49. The molecule has 5 saturated carbocycles. The topological polar surface area (TPSA) is 306 Å². The molecule has 3 heterocycles. The number of benzene rings is 4. The molecule has 5 fully saturated rings. The number of aromatic carboxylic acids is 1. The molecule has 5 aliphatic rings. The zero-order valence-corrected chi connectivity index (χ0v) is 86.6. The maximum absolute atomic E-state index is 14.3. The standard InChI is InChI=1S/C24H32ClFN2O3S2.C20H23ClF6O3S.C19H23Cl2FO3S.C19H20Cl2O5S.C19H28FNO2/c1-3-4-7-20(29)16-11-17(13-27-12-16)32-14-18-15(9-10-19(18)25)6-5-8-21-28-23(26)22(33-21)24(30)31-2;21-17-5-4-12(16(17)10-30-6-2-1-3-18(28)29)11-31-15-8-13(19(22,23)24)7-14(9-15)20(25,26)27;20-12-7-13(21)9-14(8-12)26-11-16-15(17(22)10-18(16)23)5-3-1-2-4-6-19(24)25;20-14-3-1-2-4-18(14)27-10-13-12(15(21)7-16(13)22)9-25-8-11-5-6-17(26-11)19(23)24;20-18-13-12-15(14-21-16-8-4-3-5-9-16)17(18)10-6-1-2-7-11-19(22)23/h11-13,15,18-20,29H,3-10,14H2,1-2H3;7-9,12,16-17H,1-6,10-11H2,(H,28,29);1,3,7-9,15-18,23H,2,4-6,10-11H2,(H,24,25);1-6,12-13,15-16,22H,7-10H2,(H,23,24);3-5,8-9,15,17-18,21H,1-2,6-7,10-14H2,(H,22,23)/b;;3-1-;;/t15-,18+,19?,20?;12-,16-,17?;15-,16-,17?,18?;12-,13-,15?,16?;15-,17-,18?/m01111/s1. The van der Waals surface area contributed by atoms with Crippen molar-refractivity contribution in [1.29, 1.82) is 0 Å². The summed E-state index contributed by atoms with van der Waals surface area (Å²) in [4.78, 5) is 64.8. The second-order valence-corrected chi connectivity index (χ2v) is 44.1. The number of unbranched alkanes of at least 4 members (excludes halogenated alkanes) is 6. The van der Waals surface area contributed by atoms with E-state index >= 15 is 0 Å². The summed E-state index contributed by atoms with van der Waals surface area (Å²) in [5.41, 5.74) is -0.677. The summed E-state index contributed by atoms with van der Waals surface area (Å²) in [5, 5.41) is 71.3. The number of furan rings is 1. The Morgan fingerprint density at radius 2 is 1.18 bits per heavy atom. The third kappa shape index (κ3) is 41.8. The van der Waals surface area contributed by atoms with Gasteiger partial charge in [0.1, 0.15) is 24.7 Å². The Bertz CT molecular complexity index is 4880. The molecular weight excluding hydrogens is 2060 g/mol. The number of hydrogen-bond donors (Lipinski definition) is 8. The number of halogens is 15. The lowest BCUT2D eigenvalue weighted by Crippen LogP contribution is -2.27. The summed E-state index contributed by atoms with van der Waals surface area (Å²) in [6.45, 7) is 4.18. The Kier molecular flexibility index (Phi) is 53.1. The molecule has 12 rings (SSSR count). The molecule has 7 aromatic rings. The lowest BCUT2D eigenvalue weighted by atomic mass is 9.89. The molecule has 0 bridgehead atoms. The Hall–Kier alpha value is -5.86. The number of carboxylic acids is 4. The van der Waals surface area contributed by atoms with Crippen LogP contribution in [0.1, 0.15) is 228 Å². The number of aliphatic hydroxyl groups is 3. The molecule has 8 unspecified atom stereocenters. The number of pyridine rings is 1. The number of hydrogen-bond acceptors (Lipinski definition) is 20. The van der Waals surface area contributed by atoms with Crippen LogP contribution >= 0.6 is 128 Å². The van der Waals surface area contributed by atoms with Gasteiger partial charge in [-0.15, -0.1) is 93.2 Å². The van der Waals surface area contributed by atoms with Crippen LogP contribution in [0.25, 0.3) is 0 Å². The number of nitrogens with zero attached hydrogens (tertiary/aromatic N) is 2. The van der Waals surface area contributed by atoms with Crippen LogP contribution in [0.3, 0.4) is 0 Å². The monoisotopic (exact) mass is 2180 g/mol. The number of para-hydroxylation sites is 1. The third-order valence-corrected chi connectivity index (χ3v) is 33.7. The number of aliphatic carboxylic acids is 3. The van der Waals surface area contributed by atoms with Crippen molar-refractivity contribution in [2.24, 2.45) is 59.2 Å². The Labute approximate surface area is 864 Å². The maximum atomic E-state index is 14.3. The smallest absolute Gasteiger partial charge is 0.416 e. The number of nitrogens with one attached hydrogen (secondary N) is 1. The molecule has 3 aromatic heterocycles. The highest BCUT2D eigenvalue weighted by Gasteiger charge is 2.45. The van der Waals surface area contributed by atoms with Crippen molar-refractivity contribution < 1.29 is 118 Å². The zero-order chi connectivity index (χ0) is 102. The fourth-order valence-electron chi connectivity index (χ4n) is 17.8. The van der Waals surface area contributed by atoms with Crippen molar-refractivity contribution in [3.05, 3.63) is 193 Å².